The van der Waals surface area contributed by atoms with Crippen LogP contribution in [0.25, 0.3) is 5.13 Å². The third-order valence-corrected chi connectivity index (χ3v) is 4.83. The summed E-state index contributed by atoms with van der Waals surface area (Å²) in [6, 6.07) is 3.61. The van der Waals surface area contributed by atoms with Crippen LogP contribution in [0.1, 0.15) is 35.6 Å². The zero-order valence-electron chi connectivity index (χ0n) is 12.5. The highest BCUT2D eigenvalue weighted by Crippen LogP contribution is 2.22. The van der Waals surface area contributed by atoms with E-state index >= 15 is 0 Å². The van der Waals surface area contributed by atoms with Gasteiger partial charge in [-0.2, -0.15) is 0 Å². The molecule has 2 atom stereocenters. The molecule has 6 heteroatoms. The smallest absolute Gasteiger partial charge is 0.263 e. The van der Waals surface area contributed by atoms with E-state index in [1.54, 1.807) is 0 Å². The molecule has 0 fully saturated rings. The quantitative estimate of drug-likeness (QED) is 0.861. The summed E-state index contributed by atoms with van der Waals surface area (Å²) in [4.78, 5) is 17.4. The van der Waals surface area contributed by atoms with Crippen molar-refractivity contribution in [1.82, 2.24) is 14.9 Å². The van der Waals surface area contributed by atoms with Crippen molar-refractivity contribution >= 4 is 17.2 Å². The fourth-order valence-corrected chi connectivity index (χ4v) is 2.99. The van der Waals surface area contributed by atoms with E-state index in [1.807, 2.05) is 49.9 Å². The summed E-state index contributed by atoms with van der Waals surface area (Å²) in [6.07, 6.45) is 4.70. The van der Waals surface area contributed by atoms with Gasteiger partial charge in [-0.3, -0.25) is 4.79 Å². The fourth-order valence-electron chi connectivity index (χ4n) is 2.05. The maximum absolute atomic E-state index is 12.4. The normalized spacial score (nSPS) is 13.9. The maximum atomic E-state index is 12.4. The van der Waals surface area contributed by atoms with Gasteiger partial charge < -0.3 is 15.0 Å². The number of amides is 1. The van der Waals surface area contributed by atoms with Crippen molar-refractivity contribution in [3.63, 3.8) is 0 Å². The van der Waals surface area contributed by atoms with Gasteiger partial charge in [0.25, 0.3) is 5.91 Å². The Balaban J connectivity index is 2.16. The van der Waals surface area contributed by atoms with Gasteiger partial charge in [-0.05, 0) is 25.0 Å². The van der Waals surface area contributed by atoms with E-state index in [9.17, 15) is 9.90 Å². The Kier molecular flexibility index (Phi) is 5.14. The van der Waals surface area contributed by atoms with Crippen molar-refractivity contribution in [1.29, 1.82) is 0 Å². The number of nitrogens with one attached hydrogen (secondary N) is 1. The molecule has 0 radical (unpaired) electrons. The summed E-state index contributed by atoms with van der Waals surface area (Å²) in [5.74, 6) is 0.0684. The van der Waals surface area contributed by atoms with E-state index in [2.05, 4.69) is 10.3 Å². The molecule has 114 valence electrons. The molecule has 2 N–H and O–H groups in total. The number of thiazole rings is 1. The second-order valence-corrected chi connectivity index (χ2v) is 6.13. The lowest BCUT2D eigenvalue weighted by molar-refractivity contribution is 0.0895. The standard InChI is InChI=1S/C15H21N3O2S/c1-4-10(2)12(9-19)17-14(20)13-11(3)16-15(21-13)18-7-5-6-8-18/h5-8,10,12,19H,4,9H2,1-3H3,(H,17,20)/t10-,12-/m1/s1. The minimum atomic E-state index is -0.223. The summed E-state index contributed by atoms with van der Waals surface area (Å²) in [5.41, 5.74) is 0.710. The fraction of sp³-hybridized carbons (Fsp3) is 0.467. The van der Waals surface area contributed by atoms with Crippen LogP contribution in [-0.2, 0) is 0 Å². The van der Waals surface area contributed by atoms with Crippen molar-refractivity contribution in [2.24, 2.45) is 5.92 Å². The molecule has 0 bridgehead atoms. The molecule has 0 saturated heterocycles. The highest BCUT2D eigenvalue weighted by Gasteiger charge is 2.21. The molecule has 2 aromatic heterocycles. The highest BCUT2D eigenvalue weighted by molar-refractivity contribution is 7.16. The molecule has 2 rings (SSSR count). The number of rotatable bonds is 6. The van der Waals surface area contributed by atoms with Crippen LogP contribution < -0.4 is 5.32 Å². The van der Waals surface area contributed by atoms with Gasteiger partial charge in [0.15, 0.2) is 5.13 Å². The lowest BCUT2D eigenvalue weighted by atomic mass is 10.00. The number of aliphatic hydroxyl groups is 1. The zero-order valence-corrected chi connectivity index (χ0v) is 13.4. The lowest BCUT2D eigenvalue weighted by Gasteiger charge is -2.21. The molecule has 2 heterocycles. The minimum absolute atomic E-state index is 0.0525. The largest absolute Gasteiger partial charge is 0.394 e. The second-order valence-electron chi connectivity index (χ2n) is 5.15. The summed E-state index contributed by atoms with van der Waals surface area (Å²) >= 11 is 1.36. The monoisotopic (exact) mass is 307 g/mol. The Morgan fingerprint density at radius 2 is 2.14 bits per heavy atom. The van der Waals surface area contributed by atoms with E-state index in [-0.39, 0.29) is 24.5 Å². The summed E-state index contributed by atoms with van der Waals surface area (Å²) in [7, 11) is 0. The van der Waals surface area contributed by atoms with Crippen molar-refractivity contribution in [2.75, 3.05) is 6.61 Å². The number of aliphatic hydroxyl groups excluding tert-OH is 1. The van der Waals surface area contributed by atoms with Crippen LogP contribution in [0.3, 0.4) is 0 Å². The van der Waals surface area contributed by atoms with Crippen LogP contribution in [0, 0.1) is 12.8 Å². The average molecular weight is 307 g/mol. The maximum Gasteiger partial charge on any atom is 0.263 e. The van der Waals surface area contributed by atoms with Gasteiger partial charge >= 0.3 is 0 Å². The van der Waals surface area contributed by atoms with Crippen LogP contribution in [-0.4, -0.2) is 33.2 Å². The van der Waals surface area contributed by atoms with E-state index < -0.39 is 0 Å². The van der Waals surface area contributed by atoms with E-state index in [0.29, 0.717) is 10.6 Å². The van der Waals surface area contributed by atoms with Crippen molar-refractivity contribution in [2.45, 2.75) is 33.2 Å². The number of aryl methyl sites for hydroxylation is 1. The van der Waals surface area contributed by atoms with Gasteiger partial charge in [-0.1, -0.05) is 31.6 Å². The number of hydrogen-bond acceptors (Lipinski definition) is 4. The first kappa shape index (κ1) is 15.7. The Morgan fingerprint density at radius 1 is 1.48 bits per heavy atom. The predicted octanol–water partition coefficient (Wildman–Crippen LogP) is 2.38. The van der Waals surface area contributed by atoms with Gasteiger partial charge in [-0.25, -0.2) is 4.98 Å². The number of carbonyl (C=O) groups excluding carboxylic acids is 1. The average Bonchev–Trinajstić information content (AvgIpc) is 3.12. The zero-order chi connectivity index (χ0) is 15.4. The van der Waals surface area contributed by atoms with Gasteiger partial charge in [0.1, 0.15) is 4.88 Å². The summed E-state index contributed by atoms with van der Waals surface area (Å²) < 4.78 is 1.88. The van der Waals surface area contributed by atoms with Crippen LogP contribution in [0.15, 0.2) is 24.5 Å². The molecule has 0 aliphatic rings. The van der Waals surface area contributed by atoms with E-state index in [0.717, 1.165) is 11.6 Å². The number of carbonyl (C=O) groups is 1. The molecule has 21 heavy (non-hydrogen) atoms. The van der Waals surface area contributed by atoms with E-state index in [4.69, 9.17) is 0 Å². The Morgan fingerprint density at radius 3 is 2.71 bits per heavy atom. The molecule has 1 amide bonds. The Hall–Kier alpha value is -1.66. The Labute approximate surface area is 128 Å². The molecule has 0 spiro atoms. The third kappa shape index (κ3) is 3.51. The molecule has 0 unspecified atom stereocenters. The molecular formula is C15H21N3O2S. The molecule has 0 saturated carbocycles. The molecule has 0 aliphatic carbocycles. The summed E-state index contributed by atoms with van der Waals surface area (Å²) in [5, 5.41) is 13.1. The van der Waals surface area contributed by atoms with Crippen molar-refractivity contribution < 1.29 is 9.90 Å². The number of hydrogen-bond donors (Lipinski definition) is 2. The summed E-state index contributed by atoms with van der Waals surface area (Å²) in [6.45, 7) is 5.84. The van der Waals surface area contributed by atoms with Crippen LogP contribution in [0.5, 0.6) is 0 Å². The van der Waals surface area contributed by atoms with Crippen LogP contribution in [0.2, 0.25) is 0 Å². The number of nitrogens with zero attached hydrogens (tertiary/aromatic N) is 2. The number of aromatic nitrogens is 2. The molecular weight excluding hydrogens is 286 g/mol. The van der Waals surface area contributed by atoms with Gasteiger partial charge in [0.2, 0.25) is 0 Å². The predicted molar refractivity (Wildman–Crippen MR) is 84.0 cm³/mol. The molecule has 0 aliphatic heterocycles. The first-order chi connectivity index (χ1) is 10.1. The lowest BCUT2D eigenvalue weighted by Crippen LogP contribution is -2.41. The van der Waals surface area contributed by atoms with E-state index in [1.165, 1.54) is 11.3 Å². The molecule has 5 nitrogen and oxygen atoms in total. The van der Waals surface area contributed by atoms with Gasteiger partial charge in [0, 0.05) is 12.4 Å². The first-order valence-corrected chi connectivity index (χ1v) is 7.91. The molecule has 0 aromatic carbocycles. The van der Waals surface area contributed by atoms with Crippen molar-refractivity contribution in [3.8, 4) is 5.13 Å². The third-order valence-electron chi connectivity index (χ3n) is 3.66. The van der Waals surface area contributed by atoms with Crippen LogP contribution in [0.4, 0.5) is 0 Å². The van der Waals surface area contributed by atoms with Crippen LogP contribution >= 0.6 is 11.3 Å². The second kappa shape index (κ2) is 6.87. The van der Waals surface area contributed by atoms with Gasteiger partial charge in [-0.15, -0.1) is 0 Å². The SMILES string of the molecule is CC[C@@H](C)[C@@H](CO)NC(=O)c1sc(-n2cccc2)nc1C. The highest BCUT2D eigenvalue weighted by atomic mass is 32.1. The minimum Gasteiger partial charge on any atom is -0.394 e. The van der Waals surface area contributed by atoms with Crippen molar-refractivity contribution in [3.05, 3.63) is 35.1 Å². The topological polar surface area (TPSA) is 67.2 Å². The van der Waals surface area contributed by atoms with Gasteiger partial charge in [0.05, 0.1) is 18.3 Å². The first-order valence-electron chi connectivity index (χ1n) is 7.09. The molecule has 2 aromatic rings. The Bertz CT molecular complexity index is 592.